The molecule has 0 unspecified atom stereocenters. The Kier molecular flexibility index (Phi) is 8.22. The number of likely N-dealkylation sites (tertiary alicyclic amines) is 1. The number of aromatic amines is 1. The number of benzene rings is 3. The molecular formula is C33H39N4O2+. The van der Waals surface area contributed by atoms with Crippen molar-refractivity contribution < 1.29 is 9.97 Å². The number of H-pyrrole nitrogens is 1. The van der Waals surface area contributed by atoms with Crippen molar-refractivity contribution in [2.75, 3.05) is 25.0 Å². The van der Waals surface area contributed by atoms with Crippen LogP contribution in [0, 0.1) is 17.7 Å². The van der Waals surface area contributed by atoms with Gasteiger partial charge in [-0.25, -0.2) is 0 Å². The third kappa shape index (κ3) is 6.12. The van der Waals surface area contributed by atoms with Crippen LogP contribution in [0.5, 0.6) is 0 Å². The quantitative estimate of drug-likeness (QED) is 0.251. The highest BCUT2D eigenvalue weighted by molar-refractivity contribution is 5.93. The second kappa shape index (κ2) is 12.0. The minimum Gasteiger partial charge on any atom is -0.354 e. The number of rotatable bonds is 9. The van der Waals surface area contributed by atoms with Crippen LogP contribution < -0.4 is 10.5 Å². The second-order valence-corrected chi connectivity index (χ2v) is 11.1. The van der Waals surface area contributed by atoms with E-state index in [-0.39, 0.29) is 11.8 Å². The number of carbonyl (C=O) groups is 1. The number of piperidine rings is 1. The number of para-hydroxylation sites is 1. The van der Waals surface area contributed by atoms with Gasteiger partial charge in [0.1, 0.15) is 0 Å². The van der Waals surface area contributed by atoms with E-state index in [1.807, 2.05) is 49.4 Å². The Morgan fingerprint density at radius 2 is 1.79 bits per heavy atom. The predicted molar refractivity (Wildman–Crippen MR) is 159 cm³/mol. The van der Waals surface area contributed by atoms with Gasteiger partial charge < -0.3 is 15.2 Å². The van der Waals surface area contributed by atoms with Gasteiger partial charge in [0.2, 0.25) is 5.91 Å². The molecule has 1 saturated heterocycles. The lowest BCUT2D eigenvalue weighted by Crippen LogP contribution is -2.55. The minimum absolute atomic E-state index is 0.0251. The van der Waals surface area contributed by atoms with Crippen LogP contribution in [0.2, 0.25) is 0 Å². The monoisotopic (exact) mass is 523 g/mol. The van der Waals surface area contributed by atoms with Crippen LogP contribution >= 0.6 is 0 Å². The van der Waals surface area contributed by atoms with Crippen molar-refractivity contribution in [3.63, 3.8) is 0 Å². The van der Waals surface area contributed by atoms with Crippen molar-refractivity contribution in [2.24, 2.45) is 5.92 Å². The second-order valence-electron chi connectivity index (χ2n) is 11.1. The lowest BCUT2D eigenvalue weighted by Gasteiger charge is -2.32. The average Bonchev–Trinajstić information content (AvgIpc) is 3.33. The van der Waals surface area contributed by atoms with Gasteiger partial charge >= 0.3 is 0 Å². The summed E-state index contributed by atoms with van der Waals surface area (Å²) in [5.41, 5.74) is 8.85. The molecule has 1 aliphatic heterocycles. The van der Waals surface area contributed by atoms with Crippen LogP contribution in [-0.2, 0) is 11.2 Å². The molecule has 0 atom stereocenters. The first-order valence-corrected chi connectivity index (χ1v) is 14.1. The number of anilines is 1. The van der Waals surface area contributed by atoms with Crippen molar-refractivity contribution in [3.8, 4) is 11.3 Å². The molecule has 39 heavy (non-hydrogen) atoms. The van der Waals surface area contributed by atoms with Gasteiger partial charge in [0, 0.05) is 50.4 Å². The third-order valence-electron chi connectivity index (χ3n) is 8.08. The van der Waals surface area contributed by atoms with Crippen LogP contribution in [-0.4, -0.2) is 35.4 Å². The Hall–Kier alpha value is -3.77. The molecule has 1 aliphatic rings. The van der Waals surface area contributed by atoms with Gasteiger partial charge in [-0.2, -0.15) is 0 Å². The molecule has 0 saturated carbocycles. The Morgan fingerprint density at radius 3 is 2.51 bits per heavy atom. The smallest absolute Gasteiger partial charge is 0.253 e. The van der Waals surface area contributed by atoms with Crippen molar-refractivity contribution >= 4 is 28.2 Å². The molecule has 202 valence electrons. The van der Waals surface area contributed by atoms with E-state index >= 15 is 0 Å². The van der Waals surface area contributed by atoms with E-state index in [0.717, 1.165) is 62.3 Å². The van der Waals surface area contributed by atoms with Gasteiger partial charge in [-0.15, -0.1) is 0 Å². The van der Waals surface area contributed by atoms with E-state index in [9.17, 15) is 9.70 Å². The zero-order valence-electron chi connectivity index (χ0n) is 23.2. The maximum atomic E-state index is 12.1. The van der Waals surface area contributed by atoms with Gasteiger partial charge in [-0.1, -0.05) is 44.2 Å². The van der Waals surface area contributed by atoms with E-state index in [4.69, 9.17) is 0 Å². The summed E-state index contributed by atoms with van der Waals surface area (Å²) in [5, 5.41) is 6.30. The number of aryl methyl sites for hydroxylation is 2. The maximum absolute atomic E-state index is 12.1. The summed E-state index contributed by atoms with van der Waals surface area (Å²) in [5.74, 6) is 0.571. The standard InChI is InChI=1S/C33H38N4O2/c1-22(2)33(38)34-28-9-5-8-26(21-28)24-16-19-37(20-17-24)18-6-11-30-29-10-4-7-23(3)31(29)35-32(30)25-12-14-27(36-39)15-13-25/h4-5,7-10,12-15,21-22,24,35H,6,11,16-20H2,1-3H3,(H,34,38)/p+1. The van der Waals surface area contributed by atoms with E-state index in [1.165, 1.54) is 27.6 Å². The third-order valence-corrected chi connectivity index (χ3v) is 8.08. The molecule has 1 amide bonds. The lowest BCUT2D eigenvalue weighted by atomic mass is 9.89. The summed E-state index contributed by atoms with van der Waals surface area (Å²) < 4.78 is 0. The fourth-order valence-corrected chi connectivity index (χ4v) is 5.76. The van der Waals surface area contributed by atoms with Crippen molar-refractivity contribution in [2.45, 2.75) is 52.4 Å². The number of amides is 1. The summed E-state index contributed by atoms with van der Waals surface area (Å²) in [6, 6.07) is 22.6. The summed E-state index contributed by atoms with van der Waals surface area (Å²) in [7, 11) is 0. The van der Waals surface area contributed by atoms with Gasteiger partial charge in [0.25, 0.3) is 5.69 Å². The number of nitroso groups, excluding NO2 is 1. The number of hydrogen-bond donors (Lipinski definition) is 3. The highest BCUT2D eigenvalue weighted by Gasteiger charge is 2.22. The molecule has 3 N–H and O–H groups in total. The fraction of sp³-hybridized carbons (Fsp3) is 0.364. The molecule has 0 aliphatic carbocycles. The van der Waals surface area contributed by atoms with Crippen LogP contribution in [0.4, 0.5) is 11.4 Å². The first kappa shape index (κ1) is 26.8. The molecule has 2 heterocycles. The molecule has 0 bridgehead atoms. The van der Waals surface area contributed by atoms with E-state index in [2.05, 4.69) is 58.5 Å². The molecule has 6 nitrogen and oxygen atoms in total. The fourth-order valence-electron chi connectivity index (χ4n) is 5.76. The summed E-state index contributed by atoms with van der Waals surface area (Å²) in [6.07, 6.45) is 4.37. The topological polar surface area (TPSA) is 79.2 Å². The van der Waals surface area contributed by atoms with Gasteiger partial charge in [0.05, 0.1) is 0 Å². The Bertz CT molecular complexity index is 1450. The number of hydrogen-bond acceptors (Lipinski definition) is 3. The minimum atomic E-state index is -0.0251. The number of fused-ring (bicyclic) bond motifs is 1. The van der Waals surface area contributed by atoms with Gasteiger partial charge in [-0.05, 0) is 105 Å². The largest absolute Gasteiger partial charge is 0.354 e. The number of nitrogens with zero attached hydrogens (tertiary/aromatic N) is 1. The average molecular weight is 524 g/mol. The molecule has 3 aromatic carbocycles. The molecule has 5 rings (SSSR count). The van der Waals surface area contributed by atoms with Crippen LogP contribution in [0.25, 0.3) is 22.2 Å². The molecule has 1 fully saturated rings. The van der Waals surface area contributed by atoms with Crippen molar-refractivity contribution in [1.29, 1.82) is 0 Å². The summed E-state index contributed by atoms with van der Waals surface area (Å²) in [6.45, 7) is 9.25. The highest BCUT2D eigenvalue weighted by atomic mass is 16.3. The summed E-state index contributed by atoms with van der Waals surface area (Å²) in [4.78, 5) is 29.4. The highest BCUT2D eigenvalue weighted by Crippen LogP contribution is 2.34. The molecular weight excluding hydrogens is 484 g/mol. The maximum Gasteiger partial charge on any atom is 0.253 e. The molecule has 0 spiro atoms. The van der Waals surface area contributed by atoms with Crippen LogP contribution in [0.15, 0.2) is 66.7 Å². The summed E-state index contributed by atoms with van der Waals surface area (Å²) >= 11 is 0. The Labute approximate surface area is 230 Å². The van der Waals surface area contributed by atoms with Crippen molar-refractivity contribution in [1.82, 2.24) is 9.88 Å². The van der Waals surface area contributed by atoms with E-state index in [1.54, 1.807) is 0 Å². The van der Waals surface area contributed by atoms with Gasteiger partial charge in [0.15, 0.2) is 0 Å². The first-order chi connectivity index (χ1) is 18.9. The normalized spacial score (nSPS) is 14.7. The van der Waals surface area contributed by atoms with E-state index < -0.39 is 0 Å². The van der Waals surface area contributed by atoms with Crippen LogP contribution in [0.3, 0.4) is 0 Å². The molecule has 6 heteroatoms. The van der Waals surface area contributed by atoms with Crippen LogP contribution in [0.1, 0.15) is 55.7 Å². The zero-order valence-corrected chi connectivity index (χ0v) is 23.2. The molecule has 1 aromatic heterocycles. The number of carbonyl (C=O) groups excluding carboxylic acids is 1. The first-order valence-electron chi connectivity index (χ1n) is 14.1. The van der Waals surface area contributed by atoms with E-state index in [0.29, 0.717) is 11.6 Å². The number of nitrogens with one attached hydrogen (secondary N) is 3. The molecule has 4 aromatic rings. The molecule has 0 radical (unpaired) electrons. The van der Waals surface area contributed by atoms with Crippen molar-refractivity contribution in [3.05, 3.63) is 88.3 Å². The van der Waals surface area contributed by atoms with Gasteiger partial charge in [-0.3, -0.25) is 4.79 Å². The predicted octanol–water partition coefficient (Wildman–Crippen LogP) is 6.03. The lowest BCUT2D eigenvalue weighted by molar-refractivity contribution is -0.379. The SMILES string of the molecule is Cc1cccc2c(CCCN3CCC(c4cccc(NC(=O)C(C)C)c4)CC3)c(-c3ccc([NH+]=O)cc3)[nH]c12. The Balaban J connectivity index is 1.22. The zero-order chi connectivity index (χ0) is 27.4. The number of aromatic nitrogens is 1. The Morgan fingerprint density at radius 1 is 1.05 bits per heavy atom.